The van der Waals surface area contributed by atoms with Gasteiger partial charge in [-0.1, -0.05) is 13.8 Å². The van der Waals surface area contributed by atoms with Crippen molar-refractivity contribution in [2.45, 2.75) is 83.5 Å². The molecule has 22 heavy (non-hydrogen) atoms. The van der Waals surface area contributed by atoms with Gasteiger partial charge in [0.2, 0.25) is 0 Å². The molecule has 0 radical (unpaired) electrons. The second-order valence-corrected chi connectivity index (χ2v) is 9.37. The normalized spacial score (nSPS) is 61.2. The van der Waals surface area contributed by atoms with Crippen LogP contribution in [0.1, 0.15) is 65.2 Å². The van der Waals surface area contributed by atoms with Gasteiger partial charge in [-0.3, -0.25) is 0 Å². The van der Waals surface area contributed by atoms with Gasteiger partial charge in [-0.2, -0.15) is 0 Å². The van der Waals surface area contributed by atoms with Crippen LogP contribution in [0.4, 0.5) is 0 Å². The molecule has 0 aliphatic heterocycles. The second kappa shape index (κ2) is 4.94. The quantitative estimate of drug-likeness (QED) is 0.645. The zero-order chi connectivity index (χ0) is 15.7. The molecule has 9 atom stereocenters. The fourth-order valence-corrected chi connectivity index (χ4v) is 7.21. The van der Waals surface area contributed by atoms with Crippen molar-refractivity contribution in [3.05, 3.63) is 0 Å². The van der Waals surface area contributed by atoms with E-state index in [-0.39, 0.29) is 35.1 Å². The molecule has 0 bridgehead atoms. The highest BCUT2D eigenvalue weighted by Gasteiger charge is 2.62. The molecule has 4 aliphatic carbocycles. The summed E-state index contributed by atoms with van der Waals surface area (Å²) in [6.07, 6.45) is 7.47. The minimum atomic E-state index is -0.265. The predicted molar refractivity (Wildman–Crippen MR) is 85.1 cm³/mol. The Balaban J connectivity index is 1.68. The highest BCUT2D eigenvalue weighted by atomic mass is 16.3. The van der Waals surface area contributed by atoms with Crippen LogP contribution in [-0.2, 0) is 0 Å². The van der Waals surface area contributed by atoms with Gasteiger partial charge in [0, 0.05) is 0 Å². The van der Waals surface area contributed by atoms with Crippen LogP contribution in [0.25, 0.3) is 0 Å². The number of hydrogen-bond acceptors (Lipinski definition) is 3. The number of fused-ring (bicyclic) bond motifs is 5. The Labute approximate surface area is 134 Å². The molecule has 0 amide bonds. The lowest BCUT2D eigenvalue weighted by Crippen LogP contribution is -2.58. The van der Waals surface area contributed by atoms with Gasteiger partial charge >= 0.3 is 0 Å². The maximum atomic E-state index is 10.9. The van der Waals surface area contributed by atoms with Crippen LogP contribution in [0.3, 0.4) is 0 Å². The monoisotopic (exact) mass is 308 g/mol. The van der Waals surface area contributed by atoms with Crippen molar-refractivity contribution in [1.29, 1.82) is 0 Å². The van der Waals surface area contributed by atoms with Gasteiger partial charge in [-0.15, -0.1) is 0 Å². The second-order valence-electron chi connectivity index (χ2n) is 9.37. The molecule has 4 rings (SSSR count). The Morgan fingerprint density at radius 1 is 0.818 bits per heavy atom. The maximum Gasteiger partial charge on any atom is 0.0600 e. The summed E-state index contributed by atoms with van der Waals surface area (Å²) in [6, 6.07) is 0. The molecule has 3 N–H and O–H groups in total. The average molecular weight is 308 g/mol. The Kier molecular flexibility index (Phi) is 3.46. The minimum Gasteiger partial charge on any atom is -0.393 e. The summed E-state index contributed by atoms with van der Waals surface area (Å²) < 4.78 is 0. The molecular weight excluding hydrogens is 276 g/mol. The van der Waals surface area contributed by atoms with E-state index in [0.717, 1.165) is 38.5 Å². The highest BCUT2D eigenvalue weighted by molar-refractivity contribution is 5.11. The maximum absolute atomic E-state index is 10.9. The van der Waals surface area contributed by atoms with Crippen molar-refractivity contribution in [2.24, 2.45) is 34.5 Å². The lowest BCUT2D eigenvalue weighted by atomic mass is 9.44. The zero-order valence-corrected chi connectivity index (χ0v) is 14.0. The van der Waals surface area contributed by atoms with Gasteiger partial charge in [0.05, 0.1) is 18.3 Å². The van der Waals surface area contributed by atoms with Crippen LogP contribution >= 0.6 is 0 Å². The van der Waals surface area contributed by atoms with Gasteiger partial charge in [-0.25, -0.2) is 0 Å². The lowest BCUT2D eigenvalue weighted by Gasteiger charge is -2.61. The van der Waals surface area contributed by atoms with Crippen LogP contribution in [-0.4, -0.2) is 33.6 Å². The van der Waals surface area contributed by atoms with E-state index in [1.54, 1.807) is 0 Å². The fourth-order valence-electron chi connectivity index (χ4n) is 7.21. The lowest BCUT2D eigenvalue weighted by molar-refractivity contribution is -0.174. The van der Waals surface area contributed by atoms with E-state index in [1.165, 1.54) is 12.8 Å². The number of hydrogen-bond donors (Lipinski definition) is 3. The summed E-state index contributed by atoms with van der Waals surface area (Å²) in [4.78, 5) is 0. The largest absolute Gasteiger partial charge is 0.393 e. The third-order valence-electron chi connectivity index (χ3n) is 8.57. The van der Waals surface area contributed by atoms with Crippen molar-refractivity contribution >= 4 is 0 Å². The summed E-state index contributed by atoms with van der Waals surface area (Å²) >= 11 is 0. The molecule has 4 saturated carbocycles. The van der Waals surface area contributed by atoms with Gasteiger partial charge in [-0.05, 0) is 85.9 Å². The molecule has 0 heterocycles. The van der Waals surface area contributed by atoms with Crippen LogP contribution in [0.2, 0.25) is 0 Å². The Morgan fingerprint density at radius 3 is 2.32 bits per heavy atom. The molecular formula is C19H32O3. The van der Waals surface area contributed by atoms with Crippen LogP contribution < -0.4 is 0 Å². The van der Waals surface area contributed by atoms with E-state index in [9.17, 15) is 15.3 Å². The molecule has 0 unspecified atom stereocenters. The molecule has 3 heteroatoms. The van der Waals surface area contributed by atoms with Gasteiger partial charge in [0.1, 0.15) is 0 Å². The van der Waals surface area contributed by atoms with Crippen molar-refractivity contribution in [3.63, 3.8) is 0 Å². The first-order valence-electron chi connectivity index (χ1n) is 9.40. The number of rotatable bonds is 0. The van der Waals surface area contributed by atoms with E-state index >= 15 is 0 Å². The van der Waals surface area contributed by atoms with Crippen molar-refractivity contribution in [2.75, 3.05) is 0 Å². The smallest absolute Gasteiger partial charge is 0.0600 e. The van der Waals surface area contributed by atoms with E-state index < -0.39 is 0 Å². The van der Waals surface area contributed by atoms with Gasteiger partial charge in [0.15, 0.2) is 0 Å². The van der Waals surface area contributed by atoms with Crippen LogP contribution in [0.5, 0.6) is 0 Å². The summed E-state index contributed by atoms with van der Waals surface area (Å²) in [6.45, 7) is 4.63. The van der Waals surface area contributed by atoms with Crippen molar-refractivity contribution in [3.8, 4) is 0 Å². The van der Waals surface area contributed by atoms with E-state index in [4.69, 9.17) is 0 Å². The summed E-state index contributed by atoms with van der Waals surface area (Å²) in [5.74, 6) is 1.99. The third kappa shape index (κ3) is 1.91. The van der Waals surface area contributed by atoms with Gasteiger partial charge < -0.3 is 15.3 Å². The van der Waals surface area contributed by atoms with E-state index in [2.05, 4.69) is 13.8 Å². The average Bonchev–Trinajstić information content (AvgIpc) is 2.79. The molecule has 0 saturated heterocycles. The molecule has 4 fully saturated rings. The Hall–Kier alpha value is -0.120. The SMILES string of the molecule is C[C@]12CC[C@H](O)[C@@H]1[C@@H]1CC[C@H]3C[C@H](O)CC[C@]3(C)[C@H]1C[C@@H]2O. The van der Waals surface area contributed by atoms with Crippen molar-refractivity contribution < 1.29 is 15.3 Å². The van der Waals surface area contributed by atoms with E-state index in [0.29, 0.717) is 17.8 Å². The predicted octanol–water partition coefficient (Wildman–Crippen LogP) is 2.72. The minimum absolute atomic E-state index is 0.0715. The molecule has 4 aliphatic rings. The molecule has 0 aromatic carbocycles. The first kappa shape index (κ1) is 15.4. The summed E-state index contributed by atoms with van der Waals surface area (Å²) in [7, 11) is 0. The first-order valence-corrected chi connectivity index (χ1v) is 9.40. The number of aliphatic hydroxyl groups excluding tert-OH is 3. The molecule has 3 nitrogen and oxygen atoms in total. The number of aliphatic hydroxyl groups is 3. The Bertz CT molecular complexity index is 452. The first-order chi connectivity index (χ1) is 10.4. The van der Waals surface area contributed by atoms with Crippen LogP contribution in [0, 0.1) is 34.5 Å². The van der Waals surface area contributed by atoms with E-state index in [1.807, 2.05) is 0 Å². The van der Waals surface area contributed by atoms with Crippen molar-refractivity contribution in [1.82, 2.24) is 0 Å². The molecule has 0 spiro atoms. The fraction of sp³-hybridized carbons (Fsp3) is 1.00. The summed E-state index contributed by atoms with van der Waals surface area (Å²) in [5.41, 5.74) is 0.185. The molecule has 126 valence electrons. The zero-order valence-electron chi connectivity index (χ0n) is 14.0. The molecule has 0 aromatic rings. The van der Waals surface area contributed by atoms with Crippen LogP contribution in [0.15, 0.2) is 0 Å². The van der Waals surface area contributed by atoms with Gasteiger partial charge in [0.25, 0.3) is 0 Å². The topological polar surface area (TPSA) is 60.7 Å². The summed E-state index contributed by atoms with van der Waals surface area (Å²) in [5, 5.41) is 31.6. The standard InChI is InChI=1S/C19H32O3/c1-18-7-5-12(20)9-11(18)3-4-13-14(18)10-16(22)19(2)8-6-15(21)17(13)19/h11-17,20-22H,3-10H2,1-2H3/t11-,12+,13+,14-,15-,16-,17-,18-,19+/m0/s1. The Morgan fingerprint density at radius 2 is 1.55 bits per heavy atom. The molecule has 0 aromatic heterocycles. The highest BCUT2D eigenvalue weighted by Crippen LogP contribution is 2.66. The third-order valence-corrected chi connectivity index (χ3v) is 8.57.